The van der Waals surface area contributed by atoms with E-state index in [1.165, 1.54) is 0 Å². The molecule has 0 aromatic rings. The molecule has 78 valence electrons. The standard InChI is InChI=1S/C9H19NO3/c1-2-13-7-8(9(11)12)5-3-4-6-10/h8H,2-7,10H2,1H3,(H,11,12). The lowest BCUT2D eigenvalue weighted by Crippen LogP contribution is -2.20. The molecule has 13 heavy (non-hydrogen) atoms. The van der Waals surface area contributed by atoms with Gasteiger partial charge in [0.15, 0.2) is 0 Å². The third-order valence-corrected chi connectivity index (χ3v) is 1.88. The smallest absolute Gasteiger partial charge is 0.308 e. The van der Waals surface area contributed by atoms with Gasteiger partial charge in [0.1, 0.15) is 0 Å². The molecule has 0 spiro atoms. The summed E-state index contributed by atoms with van der Waals surface area (Å²) in [6.45, 7) is 3.37. The summed E-state index contributed by atoms with van der Waals surface area (Å²) in [6.07, 6.45) is 2.41. The van der Waals surface area contributed by atoms with E-state index in [4.69, 9.17) is 15.6 Å². The number of hydrogen-bond donors (Lipinski definition) is 2. The molecule has 0 fully saturated rings. The van der Waals surface area contributed by atoms with Gasteiger partial charge in [-0.05, 0) is 26.3 Å². The van der Waals surface area contributed by atoms with Crippen molar-refractivity contribution >= 4 is 5.97 Å². The minimum absolute atomic E-state index is 0.316. The molecule has 1 atom stereocenters. The summed E-state index contributed by atoms with van der Waals surface area (Å²) >= 11 is 0. The predicted molar refractivity (Wildman–Crippen MR) is 50.5 cm³/mol. The lowest BCUT2D eigenvalue weighted by atomic mass is 10.0. The summed E-state index contributed by atoms with van der Waals surface area (Å²) < 4.78 is 5.08. The summed E-state index contributed by atoms with van der Waals surface area (Å²) in [4.78, 5) is 10.7. The highest BCUT2D eigenvalue weighted by Gasteiger charge is 2.16. The molecule has 0 saturated heterocycles. The van der Waals surface area contributed by atoms with E-state index < -0.39 is 5.97 Å². The zero-order chi connectivity index (χ0) is 10.1. The molecule has 4 nitrogen and oxygen atoms in total. The normalized spacial score (nSPS) is 12.8. The predicted octanol–water partition coefficient (Wildman–Crippen LogP) is 0.853. The highest BCUT2D eigenvalue weighted by molar-refractivity contribution is 5.70. The van der Waals surface area contributed by atoms with Crippen LogP contribution in [0.1, 0.15) is 26.2 Å². The molecule has 0 amide bonds. The van der Waals surface area contributed by atoms with Crippen molar-refractivity contribution < 1.29 is 14.6 Å². The van der Waals surface area contributed by atoms with Crippen molar-refractivity contribution in [1.29, 1.82) is 0 Å². The number of carboxylic acid groups (broad SMARTS) is 1. The van der Waals surface area contributed by atoms with Crippen LogP contribution in [0.3, 0.4) is 0 Å². The van der Waals surface area contributed by atoms with E-state index in [9.17, 15) is 4.79 Å². The molecule has 4 heteroatoms. The van der Waals surface area contributed by atoms with Gasteiger partial charge in [-0.25, -0.2) is 0 Å². The Balaban J connectivity index is 3.61. The van der Waals surface area contributed by atoms with Crippen LogP contribution < -0.4 is 5.73 Å². The number of hydrogen-bond acceptors (Lipinski definition) is 3. The van der Waals surface area contributed by atoms with E-state index in [1.54, 1.807) is 0 Å². The van der Waals surface area contributed by atoms with Gasteiger partial charge in [-0.2, -0.15) is 0 Å². The third kappa shape index (κ3) is 6.54. The highest BCUT2D eigenvalue weighted by atomic mass is 16.5. The zero-order valence-corrected chi connectivity index (χ0v) is 8.16. The molecule has 0 aromatic carbocycles. The number of unbranched alkanes of at least 4 members (excludes halogenated alkanes) is 1. The fraction of sp³-hybridized carbons (Fsp3) is 0.889. The third-order valence-electron chi connectivity index (χ3n) is 1.88. The van der Waals surface area contributed by atoms with E-state index in [0.29, 0.717) is 26.2 Å². The van der Waals surface area contributed by atoms with Crippen molar-refractivity contribution in [2.45, 2.75) is 26.2 Å². The van der Waals surface area contributed by atoms with E-state index >= 15 is 0 Å². The minimum Gasteiger partial charge on any atom is -0.481 e. The first-order valence-electron chi connectivity index (χ1n) is 4.73. The Hall–Kier alpha value is -0.610. The molecule has 0 radical (unpaired) electrons. The number of carbonyl (C=O) groups is 1. The summed E-state index contributed by atoms with van der Waals surface area (Å²) in [5.74, 6) is -1.14. The Morgan fingerprint density at radius 1 is 1.54 bits per heavy atom. The molecule has 0 aliphatic carbocycles. The second-order valence-corrected chi connectivity index (χ2v) is 2.98. The maximum absolute atomic E-state index is 10.7. The SMILES string of the molecule is CCOCC(CCCCN)C(=O)O. The molecule has 0 heterocycles. The molecule has 0 bridgehead atoms. The van der Waals surface area contributed by atoms with Crippen molar-refractivity contribution in [2.75, 3.05) is 19.8 Å². The molecule has 0 aliphatic heterocycles. The Kier molecular flexibility index (Phi) is 7.63. The Morgan fingerprint density at radius 2 is 2.23 bits per heavy atom. The molecule has 0 rings (SSSR count). The number of nitrogens with two attached hydrogens (primary N) is 1. The maximum Gasteiger partial charge on any atom is 0.308 e. The van der Waals surface area contributed by atoms with E-state index in [1.807, 2.05) is 6.92 Å². The summed E-state index contributed by atoms with van der Waals surface area (Å²) in [6, 6.07) is 0. The van der Waals surface area contributed by atoms with E-state index in [0.717, 1.165) is 12.8 Å². The van der Waals surface area contributed by atoms with Gasteiger partial charge in [-0.3, -0.25) is 4.79 Å². The molecular weight excluding hydrogens is 170 g/mol. The van der Waals surface area contributed by atoms with Gasteiger partial charge < -0.3 is 15.6 Å². The second-order valence-electron chi connectivity index (χ2n) is 2.98. The lowest BCUT2D eigenvalue weighted by Gasteiger charge is -2.11. The van der Waals surface area contributed by atoms with E-state index in [-0.39, 0.29) is 5.92 Å². The molecule has 1 unspecified atom stereocenters. The zero-order valence-electron chi connectivity index (χ0n) is 8.16. The summed E-state index contributed by atoms with van der Waals surface area (Å²) in [7, 11) is 0. The molecule has 0 aliphatic rings. The first kappa shape index (κ1) is 12.4. The van der Waals surface area contributed by atoms with Crippen molar-refractivity contribution in [3.05, 3.63) is 0 Å². The topological polar surface area (TPSA) is 72.5 Å². The van der Waals surface area contributed by atoms with Crippen LogP contribution in [0, 0.1) is 5.92 Å². The van der Waals surface area contributed by atoms with Gasteiger partial charge in [0, 0.05) is 6.61 Å². The largest absolute Gasteiger partial charge is 0.481 e. The van der Waals surface area contributed by atoms with Gasteiger partial charge in [0.25, 0.3) is 0 Å². The van der Waals surface area contributed by atoms with Crippen LogP contribution in [0.5, 0.6) is 0 Å². The number of carboxylic acids is 1. The fourth-order valence-electron chi connectivity index (χ4n) is 1.07. The first-order valence-corrected chi connectivity index (χ1v) is 4.73. The average molecular weight is 189 g/mol. The maximum atomic E-state index is 10.7. The minimum atomic E-state index is -0.773. The number of ether oxygens (including phenoxy) is 1. The highest BCUT2D eigenvalue weighted by Crippen LogP contribution is 2.09. The van der Waals surface area contributed by atoms with Gasteiger partial charge >= 0.3 is 5.97 Å². The first-order chi connectivity index (χ1) is 6.22. The Morgan fingerprint density at radius 3 is 2.69 bits per heavy atom. The molecule has 0 aromatic heterocycles. The van der Waals surface area contributed by atoms with Crippen LogP contribution in [0.2, 0.25) is 0 Å². The second kappa shape index (κ2) is 8.01. The van der Waals surface area contributed by atoms with Gasteiger partial charge in [-0.15, -0.1) is 0 Å². The number of aliphatic carboxylic acids is 1. The van der Waals surface area contributed by atoms with Crippen LogP contribution in [0.25, 0.3) is 0 Å². The number of rotatable bonds is 8. The van der Waals surface area contributed by atoms with Crippen molar-refractivity contribution in [2.24, 2.45) is 11.7 Å². The average Bonchev–Trinajstić information content (AvgIpc) is 2.10. The Labute approximate surface area is 79.1 Å². The summed E-state index contributed by atoms with van der Waals surface area (Å²) in [5.41, 5.74) is 5.31. The van der Waals surface area contributed by atoms with Crippen molar-refractivity contribution in [1.82, 2.24) is 0 Å². The van der Waals surface area contributed by atoms with Crippen LogP contribution in [0.4, 0.5) is 0 Å². The van der Waals surface area contributed by atoms with Gasteiger partial charge in [-0.1, -0.05) is 6.42 Å². The monoisotopic (exact) mass is 189 g/mol. The van der Waals surface area contributed by atoms with Crippen LogP contribution in [-0.2, 0) is 9.53 Å². The molecular formula is C9H19NO3. The van der Waals surface area contributed by atoms with Crippen molar-refractivity contribution in [3.8, 4) is 0 Å². The van der Waals surface area contributed by atoms with Crippen LogP contribution in [0.15, 0.2) is 0 Å². The van der Waals surface area contributed by atoms with E-state index in [2.05, 4.69) is 0 Å². The van der Waals surface area contributed by atoms with Crippen LogP contribution in [-0.4, -0.2) is 30.8 Å². The Bertz CT molecular complexity index is 139. The molecule has 3 N–H and O–H groups in total. The van der Waals surface area contributed by atoms with Gasteiger partial charge in [0.2, 0.25) is 0 Å². The lowest BCUT2D eigenvalue weighted by molar-refractivity contribution is -0.144. The fourth-order valence-corrected chi connectivity index (χ4v) is 1.07. The van der Waals surface area contributed by atoms with Gasteiger partial charge in [0.05, 0.1) is 12.5 Å². The molecule has 0 saturated carbocycles. The summed E-state index contributed by atoms with van der Waals surface area (Å²) in [5, 5.41) is 8.79. The van der Waals surface area contributed by atoms with Crippen LogP contribution >= 0.6 is 0 Å². The van der Waals surface area contributed by atoms with Crippen molar-refractivity contribution in [3.63, 3.8) is 0 Å². The quantitative estimate of drug-likeness (QED) is 0.555.